The van der Waals surface area contributed by atoms with E-state index in [1.807, 2.05) is 0 Å². The van der Waals surface area contributed by atoms with Crippen molar-refractivity contribution >= 4 is 28.4 Å². The second-order valence-electron chi connectivity index (χ2n) is 7.46. The third kappa shape index (κ3) is 3.68. The van der Waals surface area contributed by atoms with Gasteiger partial charge >= 0.3 is 6.18 Å². The molecule has 0 radical (unpaired) electrons. The van der Waals surface area contributed by atoms with Gasteiger partial charge in [-0.3, -0.25) is 4.79 Å². The van der Waals surface area contributed by atoms with Gasteiger partial charge < -0.3 is 5.32 Å². The van der Waals surface area contributed by atoms with Gasteiger partial charge in [0.1, 0.15) is 11.6 Å². The van der Waals surface area contributed by atoms with E-state index in [0.29, 0.717) is 22.6 Å². The molecule has 4 aromatic rings. The van der Waals surface area contributed by atoms with E-state index in [0.717, 1.165) is 12.1 Å². The summed E-state index contributed by atoms with van der Waals surface area (Å²) in [5, 5.41) is 3.43. The van der Waals surface area contributed by atoms with Gasteiger partial charge in [-0.2, -0.15) is 13.2 Å². The topological polar surface area (TPSA) is 54.9 Å². The first-order valence-corrected chi connectivity index (χ1v) is 9.93. The molecule has 1 N–H and O–H groups in total. The Labute approximate surface area is 188 Å². The van der Waals surface area contributed by atoms with Crippen LogP contribution in [0.3, 0.4) is 0 Å². The van der Waals surface area contributed by atoms with Crippen molar-refractivity contribution in [3.05, 3.63) is 93.6 Å². The molecule has 1 unspecified atom stereocenters. The Morgan fingerprint density at radius 1 is 0.970 bits per heavy atom. The highest BCUT2D eigenvalue weighted by molar-refractivity contribution is 6.31. The van der Waals surface area contributed by atoms with Crippen LogP contribution in [-0.2, 0) is 6.18 Å². The molecule has 10 heteroatoms. The largest absolute Gasteiger partial charge is 0.416 e. The van der Waals surface area contributed by atoms with E-state index in [9.17, 15) is 26.7 Å². The Morgan fingerprint density at radius 3 is 2.52 bits per heavy atom. The maximum atomic E-state index is 13.9. The fraction of sp³-hybridized carbons (Fsp3) is 0.0870. The Hall–Kier alpha value is -3.59. The highest BCUT2D eigenvalue weighted by Gasteiger charge is 2.34. The van der Waals surface area contributed by atoms with Crippen molar-refractivity contribution in [2.45, 2.75) is 12.2 Å². The number of nitrogens with one attached hydrogen (secondary N) is 1. The van der Waals surface area contributed by atoms with E-state index in [-0.39, 0.29) is 27.5 Å². The predicted molar refractivity (Wildman–Crippen MR) is 111 cm³/mol. The van der Waals surface area contributed by atoms with Gasteiger partial charge in [0.15, 0.2) is 5.82 Å². The molecule has 1 aliphatic heterocycles. The molecule has 0 aliphatic carbocycles. The predicted octanol–water partition coefficient (Wildman–Crippen LogP) is 6.08. The van der Waals surface area contributed by atoms with E-state index in [4.69, 9.17) is 11.6 Å². The minimum atomic E-state index is -4.76. The molecule has 4 nitrogen and oxygen atoms in total. The van der Waals surface area contributed by atoms with E-state index in [2.05, 4.69) is 15.3 Å². The number of halogens is 6. The Balaban J connectivity index is 1.73. The molecule has 1 atom stereocenters. The number of amides is 1. The second-order valence-corrected chi connectivity index (χ2v) is 7.86. The normalized spacial score (nSPS) is 15.6. The number of carbonyl (C=O) groups is 1. The standard InChI is InChI=1S/C23H11ClF5N3O/c24-17-4-2-13(25)8-16(17)20-18-15(22(33)32-20)3-1-10-9-30-21(31-19(10)18)11-5-12(23(27,28)29)7-14(26)6-11/h1-9,20H,(H,32,33). The Morgan fingerprint density at radius 2 is 1.76 bits per heavy atom. The lowest BCUT2D eigenvalue weighted by atomic mass is 9.95. The quantitative estimate of drug-likeness (QED) is 0.357. The van der Waals surface area contributed by atoms with Crippen molar-refractivity contribution in [1.29, 1.82) is 0 Å². The number of benzene rings is 3. The maximum Gasteiger partial charge on any atom is 0.416 e. The van der Waals surface area contributed by atoms with E-state index >= 15 is 0 Å². The first-order chi connectivity index (χ1) is 15.6. The summed E-state index contributed by atoms with van der Waals surface area (Å²) in [6, 6.07) is 8.02. The average molecular weight is 476 g/mol. The van der Waals surface area contributed by atoms with Gasteiger partial charge in [0.25, 0.3) is 5.91 Å². The first-order valence-electron chi connectivity index (χ1n) is 9.55. The maximum absolute atomic E-state index is 13.9. The number of carbonyl (C=O) groups excluding carboxylic acids is 1. The smallest absolute Gasteiger partial charge is 0.341 e. The lowest BCUT2D eigenvalue weighted by molar-refractivity contribution is -0.137. The van der Waals surface area contributed by atoms with E-state index < -0.39 is 35.3 Å². The summed E-state index contributed by atoms with van der Waals surface area (Å²) in [5.41, 5.74) is -0.186. The van der Waals surface area contributed by atoms with Crippen molar-refractivity contribution in [2.75, 3.05) is 0 Å². The number of fused-ring (bicyclic) bond motifs is 3. The second kappa shape index (κ2) is 7.48. The Kier molecular flexibility index (Phi) is 4.82. The van der Waals surface area contributed by atoms with Gasteiger partial charge in [0.05, 0.1) is 17.1 Å². The lowest BCUT2D eigenvalue weighted by Gasteiger charge is -2.16. The van der Waals surface area contributed by atoms with Crippen LogP contribution in [0.15, 0.2) is 54.7 Å². The summed E-state index contributed by atoms with van der Waals surface area (Å²) in [4.78, 5) is 21.0. The molecule has 2 heterocycles. The number of nitrogens with zero attached hydrogens (tertiary/aromatic N) is 2. The number of rotatable bonds is 2. The van der Waals surface area contributed by atoms with Crippen LogP contribution < -0.4 is 5.32 Å². The van der Waals surface area contributed by atoms with Gasteiger partial charge in [-0.1, -0.05) is 17.7 Å². The summed E-state index contributed by atoms with van der Waals surface area (Å²) < 4.78 is 67.3. The van der Waals surface area contributed by atoms with Crippen molar-refractivity contribution in [3.8, 4) is 11.4 Å². The van der Waals surface area contributed by atoms with Crippen LogP contribution in [-0.4, -0.2) is 15.9 Å². The van der Waals surface area contributed by atoms with E-state index in [1.165, 1.54) is 24.4 Å². The van der Waals surface area contributed by atoms with Gasteiger partial charge in [0.2, 0.25) is 0 Å². The highest BCUT2D eigenvalue weighted by atomic mass is 35.5. The third-order valence-electron chi connectivity index (χ3n) is 5.35. The molecule has 0 fully saturated rings. The number of hydrogen-bond acceptors (Lipinski definition) is 3. The summed E-state index contributed by atoms with van der Waals surface area (Å²) >= 11 is 6.25. The SMILES string of the molecule is O=C1NC(c2cc(F)ccc2Cl)c2c1ccc1cnc(-c3cc(F)cc(C(F)(F)F)c3)nc21. The third-order valence-corrected chi connectivity index (χ3v) is 5.70. The van der Waals surface area contributed by atoms with Gasteiger partial charge in [-0.05, 0) is 42.5 Å². The average Bonchev–Trinajstić information content (AvgIpc) is 3.11. The zero-order valence-corrected chi connectivity index (χ0v) is 17.1. The molecular weight excluding hydrogens is 465 g/mol. The molecule has 1 aromatic heterocycles. The zero-order chi connectivity index (χ0) is 23.5. The molecule has 0 spiro atoms. The molecule has 5 rings (SSSR count). The van der Waals surface area contributed by atoms with Crippen LogP contribution in [0.4, 0.5) is 22.0 Å². The van der Waals surface area contributed by atoms with Gasteiger partial charge in [-0.25, -0.2) is 18.7 Å². The number of aromatic nitrogens is 2. The van der Waals surface area contributed by atoms with Crippen LogP contribution in [0.25, 0.3) is 22.3 Å². The van der Waals surface area contributed by atoms with Crippen LogP contribution >= 0.6 is 11.6 Å². The summed E-state index contributed by atoms with van der Waals surface area (Å²) in [6.07, 6.45) is -3.40. The van der Waals surface area contributed by atoms with Crippen LogP contribution in [0.2, 0.25) is 5.02 Å². The minimum absolute atomic E-state index is 0.163. The van der Waals surface area contributed by atoms with Crippen molar-refractivity contribution in [3.63, 3.8) is 0 Å². The molecule has 33 heavy (non-hydrogen) atoms. The molecule has 3 aromatic carbocycles. The molecule has 0 bridgehead atoms. The fourth-order valence-electron chi connectivity index (χ4n) is 3.88. The summed E-state index contributed by atoms with van der Waals surface area (Å²) in [7, 11) is 0. The summed E-state index contributed by atoms with van der Waals surface area (Å²) in [5.74, 6) is -2.26. The molecule has 1 aliphatic rings. The molecule has 1 amide bonds. The Bertz CT molecular complexity index is 1450. The monoisotopic (exact) mass is 475 g/mol. The fourth-order valence-corrected chi connectivity index (χ4v) is 4.11. The van der Waals surface area contributed by atoms with Gasteiger partial charge in [0, 0.05) is 38.9 Å². The zero-order valence-electron chi connectivity index (χ0n) is 16.3. The first kappa shape index (κ1) is 21.3. The van der Waals surface area contributed by atoms with Gasteiger partial charge in [-0.15, -0.1) is 0 Å². The number of hydrogen-bond donors (Lipinski definition) is 1. The molecule has 0 saturated carbocycles. The number of alkyl halides is 3. The van der Waals surface area contributed by atoms with E-state index in [1.54, 1.807) is 12.1 Å². The molecular formula is C23H11ClF5N3O. The van der Waals surface area contributed by atoms with Crippen LogP contribution in [0, 0.1) is 11.6 Å². The molecule has 166 valence electrons. The summed E-state index contributed by atoms with van der Waals surface area (Å²) in [6.45, 7) is 0. The minimum Gasteiger partial charge on any atom is -0.341 e. The lowest BCUT2D eigenvalue weighted by Crippen LogP contribution is -2.20. The van der Waals surface area contributed by atoms with Crippen LogP contribution in [0.5, 0.6) is 0 Å². The molecule has 0 saturated heterocycles. The van der Waals surface area contributed by atoms with Crippen molar-refractivity contribution in [1.82, 2.24) is 15.3 Å². The van der Waals surface area contributed by atoms with Crippen molar-refractivity contribution in [2.24, 2.45) is 0 Å². The van der Waals surface area contributed by atoms with Crippen molar-refractivity contribution < 1.29 is 26.7 Å². The highest BCUT2D eigenvalue weighted by Crippen LogP contribution is 2.39. The van der Waals surface area contributed by atoms with Crippen LogP contribution in [0.1, 0.15) is 33.1 Å².